The first-order valence-corrected chi connectivity index (χ1v) is 5.14. The zero-order valence-electron chi connectivity index (χ0n) is 9.23. The highest BCUT2D eigenvalue weighted by Crippen LogP contribution is 2.09. The Balaban J connectivity index is 2.30. The van der Waals surface area contributed by atoms with Crippen LogP contribution in [-0.4, -0.2) is 16.6 Å². The lowest BCUT2D eigenvalue weighted by molar-refractivity contribution is 0.286. The molecule has 0 unspecified atom stereocenters. The normalized spacial score (nSPS) is 10.4. The summed E-state index contributed by atoms with van der Waals surface area (Å²) in [4.78, 5) is 8.03. The molecule has 5 nitrogen and oxygen atoms in total. The Labute approximate surface area is 90.0 Å². The fraction of sp³-hybridized carbons (Fsp3) is 0.600. The first kappa shape index (κ1) is 11.7. The van der Waals surface area contributed by atoms with Gasteiger partial charge in [0.2, 0.25) is 5.88 Å². The summed E-state index contributed by atoms with van der Waals surface area (Å²) in [5, 5.41) is 0. The van der Waals surface area contributed by atoms with Crippen LogP contribution in [0.4, 0.5) is 5.82 Å². The predicted molar refractivity (Wildman–Crippen MR) is 59.4 cm³/mol. The van der Waals surface area contributed by atoms with Crippen molar-refractivity contribution < 1.29 is 4.74 Å². The number of anilines is 1. The third-order valence-corrected chi connectivity index (χ3v) is 1.94. The van der Waals surface area contributed by atoms with E-state index in [0.717, 1.165) is 12.8 Å². The van der Waals surface area contributed by atoms with Crippen molar-refractivity contribution in [2.75, 3.05) is 12.0 Å². The number of hydrogen-bond acceptors (Lipinski definition) is 5. The van der Waals surface area contributed by atoms with Crippen molar-refractivity contribution in [2.45, 2.75) is 26.7 Å². The van der Waals surface area contributed by atoms with Crippen LogP contribution in [0.3, 0.4) is 0 Å². The third-order valence-electron chi connectivity index (χ3n) is 1.94. The third kappa shape index (κ3) is 4.60. The molecule has 0 radical (unpaired) electrons. The molecule has 0 aliphatic carbocycles. The number of nitrogens with two attached hydrogens (primary N) is 1. The highest BCUT2D eigenvalue weighted by Gasteiger charge is 1.99. The Morgan fingerprint density at radius 3 is 2.93 bits per heavy atom. The first-order chi connectivity index (χ1) is 7.22. The quantitative estimate of drug-likeness (QED) is 0.423. The van der Waals surface area contributed by atoms with Crippen LogP contribution < -0.4 is 16.0 Å². The van der Waals surface area contributed by atoms with Gasteiger partial charge in [0.15, 0.2) is 5.82 Å². The summed E-state index contributed by atoms with van der Waals surface area (Å²) in [5.41, 5.74) is 2.42. The highest BCUT2D eigenvalue weighted by molar-refractivity contribution is 5.31. The summed E-state index contributed by atoms with van der Waals surface area (Å²) in [6, 6.07) is 0. The molecule has 5 heteroatoms. The molecule has 0 spiro atoms. The maximum Gasteiger partial charge on any atom is 0.234 e. The average Bonchev–Trinajstić information content (AvgIpc) is 2.24. The van der Waals surface area contributed by atoms with Crippen molar-refractivity contribution >= 4 is 5.82 Å². The SMILES string of the molecule is CC(C)CCCOc1cncc(NN)n1. The average molecular weight is 210 g/mol. The van der Waals surface area contributed by atoms with E-state index in [9.17, 15) is 0 Å². The molecule has 84 valence electrons. The molecular weight excluding hydrogens is 192 g/mol. The van der Waals surface area contributed by atoms with E-state index in [-0.39, 0.29) is 0 Å². The predicted octanol–water partition coefficient (Wildman–Crippen LogP) is 1.58. The van der Waals surface area contributed by atoms with Gasteiger partial charge in [0.1, 0.15) is 0 Å². The number of rotatable bonds is 6. The van der Waals surface area contributed by atoms with Crippen molar-refractivity contribution in [3.05, 3.63) is 12.4 Å². The van der Waals surface area contributed by atoms with Crippen LogP contribution in [0.1, 0.15) is 26.7 Å². The van der Waals surface area contributed by atoms with Gasteiger partial charge in [0.05, 0.1) is 19.0 Å². The first-order valence-electron chi connectivity index (χ1n) is 5.14. The Morgan fingerprint density at radius 1 is 1.47 bits per heavy atom. The lowest BCUT2D eigenvalue weighted by atomic mass is 10.1. The standard InChI is InChI=1S/C10H18N4O/c1-8(2)4-3-5-15-10-7-12-6-9(13-10)14-11/h6-8H,3-5,11H2,1-2H3,(H,13,14). The lowest BCUT2D eigenvalue weighted by Crippen LogP contribution is -2.10. The summed E-state index contributed by atoms with van der Waals surface area (Å²) in [7, 11) is 0. The molecule has 1 aromatic heterocycles. The van der Waals surface area contributed by atoms with Crippen molar-refractivity contribution in [1.82, 2.24) is 9.97 Å². The second-order valence-electron chi connectivity index (χ2n) is 3.77. The molecule has 0 saturated carbocycles. The molecule has 1 aromatic rings. The summed E-state index contributed by atoms with van der Waals surface area (Å²) in [5.74, 6) is 6.93. The van der Waals surface area contributed by atoms with E-state index < -0.39 is 0 Å². The zero-order valence-corrected chi connectivity index (χ0v) is 9.23. The van der Waals surface area contributed by atoms with Gasteiger partial charge in [0.25, 0.3) is 0 Å². The minimum atomic E-state index is 0.509. The number of aromatic nitrogens is 2. The monoisotopic (exact) mass is 210 g/mol. The molecule has 0 aromatic carbocycles. The Bertz CT molecular complexity index is 291. The van der Waals surface area contributed by atoms with Gasteiger partial charge in [-0.3, -0.25) is 4.98 Å². The zero-order chi connectivity index (χ0) is 11.1. The molecule has 0 saturated heterocycles. The van der Waals surface area contributed by atoms with Gasteiger partial charge in [-0.25, -0.2) is 5.84 Å². The van der Waals surface area contributed by atoms with Gasteiger partial charge in [-0.15, -0.1) is 0 Å². The molecule has 15 heavy (non-hydrogen) atoms. The van der Waals surface area contributed by atoms with Crippen LogP contribution in [0.25, 0.3) is 0 Å². The maximum atomic E-state index is 5.43. The van der Waals surface area contributed by atoms with Crippen molar-refractivity contribution in [1.29, 1.82) is 0 Å². The Kier molecular flexibility index (Phi) is 4.83. The largest absolute Gasteiger partial charge is 0.477 e. The molecule has 0 aliphatic rings. The van der Waals surface area contributed by atoms with Crippen LogP contribution in [0.2, 0.25) is 0 Å². The molecule has 1 rings (SSSR count). The number of hydrazine groups is 1. The van der Waals surface area contributed by atoms with E-state index in [1.165, 1.54) is 0 Å². The Hall–Kier alpha value is -1.36. The summed E-state index contributed by atoms with van der Waals surface area (Å²) >= 11 is 0. The van der Waals surface area contributed by atoms with E-state index in [0.29, 0.717) is 24.2 Å². The molecular formula is C10H18N4O. The van der Waals surface area contributed by atoms with Gasteiger partial charge in [-0.1, -0.05) is 13.8 Å². The van der Waals surface area contributed by atoms with Crippen LogP contribution in [-0.2, 0) is 0 Å². The lowest BCUT2D eigenvalue weighted by Gasteiger charge is -2.07. The fourth-order valence-electron chi connectivity index (χ4n) is 1.16. The van der Waals surface area contributed by atoms with Crippen LogP contribution in [0.5, 0.6) is 5.88 Å². The molecule has 0 atom stereocenters. The van der Waals surface area contributed by atoms with Gasteiger partial charge in [-0.05, 0) is 18.8 Å². The second kappa shape index (κ2) is 6.19. The van der Waals surface area contributed by atoms with Gasteiger partial charge >= 0.3 is 0 Å². The Morgan fingerprint density at radius 2 is 2.27 bits per heavy atom. The van der Waals surface area contributed by atoms with Gasteiger partial charge < -0.3 is 10.2 Å². The smallest absolute Gasteiger partial charge is 0.234 e. The van der Waals surface area contributed by atoms with Crippen molar-refractivity contribution in [3.8, 4) is 5.88 Å². The number of nitrogen functional groups attached to an aromatic ring is 1. The minimum Gasteiger partial charge on any atom is -0.477 e. The fourth-order valence-corrected chi connectivity index (χ4v) is 1.16. The van der Waals surface area contributed by atoms with Crippen molar-refractivity contribution in [2.24, 2.45) is 11.8 Å². The van der Waals surface area contributed by atoms with Gasteiger partial charge in [0, 0.05) is 0 Å². The van der Waals surface area contributed by atoms with Crippen LogP contribution in [0.15, 0.2) is 12.4 Å². The van der Waals surface area contributed by atoms with E-state index in [1.54, 1.807) is 12.4 Å². The highest BCUT2D eigenvalue weighted by atomic mass is 16.5. The maximum absolute atomic E-state index is 5.43. The number of hydrogen-bond donors (Lipinski definition) is 2. The van der Waals surface area contributed by atoms with E-state index in [1.807, 2.05) is 0 Å². The summed E-state index contributed by atoms with van der Waals surface area (Å²) in [6.45, 7) is 5.05. The number of nitrogens with one attached hydrogen (secondary N) is 1. The van der Waals surface area contributed by atoms with E-state index in [2.05, 4.69) is 29.2 Å². The molecule has 0 fully saturated rings. The van der Waals surface area contributed by atoms with Crippen molar-refractivity contribution in [3.63, 3.8) is 0 Å². The van der Waals surface area contributed by atoms with Gasteiger partial charge in [-0.2, -0.15) is 4.98 Å². The number of nitrogens with zero attached hydrogens (tertiary/aromatic N) is 2. The molecule has 3 N–H and O–H groups in total. The van der Waals surface area contributed by atoms with E-state index in [4.69, 9.17) is 10.6 Å². The molecule has 0 amide bonds. The van der Waals surface area contributed by atoms with Crippen LogP contribution >= 0.6 is 0 Å². The topological polar surface area (TPSA) is 73.1 Å². The second-order valence-corrected chi connectivity index (χ2v) is 3.77. The number of ether oxygens (including phenoxy) is 1. The van der Waals surface area contributed by atoms with Crippen LogP contribution in [0, 0.1) is 5.92 Å². The minimum absolute atomic E-state index is 0.509. The summed E-state index contributed by atoms with van der Waals surface area (Å²) < 4.78 is 5.43. The summed E-state index contributed by atoms with van der Waals surface area (Å²) in [6.07, 6.45) is 5.30. The molecule has 0 aliphatic heterocycles. The molecule has 1 heterocycles. The van der Waals surface area contributed by atoms with E-state index >= 15 is 0 Å². The molecule has 0 bridgehead atoms.